The number of rotatable bonds is 3. The quantitative estimate of drug-likeness (QED) is 0.587. The average Bonchev–Trinajstić information content (AvgIpc) is 2.29. The Kier molecular flexibility index (Phi) is 4.18. The third-order valence-electron chi connectivity index (χ3n) is 1.79. The molecule has 1 rings (SSSR count). The van der Waals surface area contributed by atoms with E-state index in [1.165, 1.54) is 13.2 Å². The first kappa shape index (κ1) is 11.6. The fourth-order valence-corrected chi connectivity index (χ4v) is 1.21. The number of halogens is 1. The van der Waals surface area contributed by atoms with E-state index in [1.54, 1.807) is 31.4 Å². The second kappa shape index (κ2) is 5.41. The molecule has 0 bridgehead atoms. The Labute approximate surface area is 93.3 Å². The highest BCUT2D eigenvalue weighted by Crippen LogP contribution is 2.15. The van der Waals surface area contributed by atoms with Crippen molar-refractivity contribution in [3.8, 4) is 5.75 Å². The number of esters is 1. The second-order valence-corrected chi connectivity index (χ2v) is 3.16. The van der Waals surface area contributed by atoms with Crippen LogP contribution < -0.4 is 4.74 Å². The van der Waals surface area contributed by atoms with Gasteiger partial charge < -0.3 is 9.47 Å². The largest absolute Gasteiger partial charge is 0.497 e. The molecule has 0 aliphatic heterocycles. The normalized spacial score (nSPS) is 11.0. The third-order valence-corrected chi connectivity index (χ3v) is 2.05. The third kappa shape index (κ3) is 3.29. The Balaban J connectivity index is 2.84. The summed E-state index contributed by atoms with van der Waals surface area (Å²) >= 11 is 5.69. The van der Waals surface area contributed by atoms with Gasteiger partial charge in [0, 0.05) is 0 Å². The van der Waals surface area contributed by atoms with Crippen LogP contribution in [0, 0.1) is 0 Å². The minimum absolute atomic E-state index is 0.0441. The molecule has 0 spiro atoms. The summed E-state index contributed by atoms with van der Waals surface area (Å²) in [5, 5.41) is 0.0441. The van der Waals surface area contributed by atoms with Gasteiger partial charge in [-0.15, -0.1) is 0 Å². The highest BCUT2D eigenvalue weighted by Gasteiger charge is 2.05. The van der Waals surface area contributed by atoms with Gasteiger partial charge >= 0.3 is 5.97 Å². The van der Waals surface area contributed by atoms with Crippen molar-refractivity contribution in [2.75, 3.05) is 14.2 Å². The van der Waals surface area contributed by atoms with Crippen molar-refractivity contribution in [2.45, 2.75) is 0 Å². The number of carbonyl (C=O) groups is 1. The molecule has 0 saturated heterocycles. The summed E-state index contributed by atoms with van der Waals surface area (Å²) in [7, 11) is 2.87. The van der Waals surface area contributed by atoms with Crippen LogP contribution >= 0.6 is 11.6 Å². The van der Waals surface area contributed by atoms with Crippen LogP contribution in [0.15, 0.2) is 29.3 Å². The lowest BCUT2D eigenvalue weighted by atomic mass is 10.2. The molecule has 0 amide bonds. The topological polar surface area (TPSA) is 35.5 Å². The first-order valence-corrected chi connectivity index (χ1v) is 4.64. The van der Waals surface area contributed by atoms with Gasteiger partial charge in [-0.05, 0) is 23.8 Å². The summed E-state index contributed by atoms with van der Waals surface area (Å²) in [4.78, 5) is 11.0. The maximum atomic E-state index is 11.0. The molecule has 0 radical (unpaired) electrons. The van der Waals surface area contributed by atoms with Crippen molar-refractivity contribution in [2.24, 2.45) is 0 Å². The van der Waals surface area contributed by atoms with E-state index in [4.69, 9.17) is 16.3 Å². The molecule has 0 N–H and O–H groups in total. The molecule has 3 nitrogen and oxygen atoms in total. The van der Waals surface area contributed by atoms with Crippen LogP contribution in [0.25, 0.3) is 6.08 Å². The number of carbonyl (C=O) groups excluding carboxylic acids is 1. The fourth-order valence-electron chi connectivity index (χ4n) is 1.00. The van der Waals surface area contributed by atoms with E-state index < -0.39 is 5.97 Å². The van der Waals surface area contributed by atoms with E-state index >= 15 is 0 Å². The van der Waals surface area contributed by atoms with E-state index in [1.807, 2.05) is 0 Å². The van der Waals surface area contributed by atoms with E-state index in [2.05, 4.69) is 4.74 Å². The maximum Gasteiger partial charge on any atom is 0.349 e. The Morgan fingerprint density at radius 1 is 1.27 bits per heavy atom. The lowest BCUT2D eigenvalue weighted by molar-refractivity contribution is -0.135. The summed E-state index contributed by atoms with van der Waals surface area (Å²) in [6, 6.07) is 7.16. The van der Waals surface area contributed by atoms with Gasteiger partial charge in [-0.1, -0.05) is 23.7 Å². The van der Waals surface area contributed by atoms with Crippen LogP contribution in [0.1, 0.15) is 5.56 Å². The zero-order valence-corrected chi connectivity index (χ0v) is 9.25. The van der Waals surface area contributed by atoms with Gasteiger partial charge in [0.15, 0.2) is 0 Å². The molecule has 0 heterocycles. The lowest BCUT2D eigenvalue weighted by Gasteiger charge is -2.00. The van der Waals surface area contributed by atoms with Crippen molar-refractivity contribution < 1.29 is 14.3 Å². The first-order valence-electron chi connectivity index (χ1n) is 4.27. The lowest BCUT2D eigenvalue weighted by Crippen LogP contribution is -1.99. The van der Waals surface area contributed by atoms with Gasteiger partial charge in [0.05, 0.1) is 14.2 Å². The number of methoxy groups -OCH3 is 2. The van der Waals surface area contributed by atoms with Crippen molar-refractivity contribution in [3.63, 3.8) is 0 Å². The van der Waals surface area contributed by atoms with Crippen molar-refractivity contribution in [1.29, 1.82) is 0 Å². The van der Waals surface area contributed by atoms with E-state index in [0.29, 0.717) is 0 Å². The number of hydrogen-bond donors (Lipinski definition) is 0. The van der Waals surface area contributed by atoms with Crippen molar-refractivity contribution in [1.82, 2.24) is 0 Å². The minimum atomic E-state index is -0.549. The van der Waals surface area contributed by atoms with Gasteiger partial charge in [-0.25, -0.2) is 4.79 Å². The molecule has 0 unspecified atom stereocenters. The highest BCUT2D eigenvalue weighted by atomic mass is 35.5. The average molecular weight is 227 g/mol. The Bertz CT molecular complexity index is 368. The molecule has 0 atom stereocenters. The van der Waals surface area contributed by atoms with Crippen LogP contribution in [0.5, 0.6) is 5.75 Å². The summed E-state index contributed by atoms with van der Waals surface area (Å²) in [5.74, 6) is 0.203. The Hall–Kier alpha value is -1.48. The molecule has 4 heteroatoms. The maximum absolute atomic E-state index is 11.0. The predicted octanol–water partition coefficient (Wildman–Crippen LogP) is 2.45. The number of hydrogen-bond acceptors (Lipinski definition) is 3. The Morgan fingerprint density at radius 2 is 1.87 bits per heavy atom. The van der Waals surface area contributed by atoms with Crippen LogP contribution in [0.3, 0.4) is 0 Å². The standard InChI is InChI=1S/C11H11ClO3/c1-14-9-5-3-8(4-6-9)7-10(12)11(13)15-2/h3-7H,1-2H3/b10-7-. The smallest absolute Gasteiger partial charge is 0.349 e. The van der Waals surface area contributed by atoms with Gasteiger partial charge in [-0.2, -0.15) is 0 Å². The van der Waals surface area contributed by atoms with Gasteiger partial charge in [-0.3, -0.25) is 0 Å². The molecular formula is C11H11ClO3. The van der Waals surface area contributed by atoms with Crippen LogP contribution in [-0.2, 0) is 9.53 Å². The molecule has 15 heavy (non-hydrogen) atoms. The molecular weight excluding hydrogens is 216 g/mol. The SMILES string of the molecule is COC(=O)/C(Cl)=C/c1ccc(OC)cc1. The minimum Gasteiger partial charge on any atom is -0.497 e. The molecule has 80 valence electrons. The predicted molar refractivity (Wildman–Crippen MR) is 58.8 cm³/mol. The monoisotopic (exact) mass is 226 g/mol. The summed E-state index contributed by atoms with van der Waals surface area (Å²) < 4.78 is 9.46. The zero-order valence-electron chi connectivity index (χ0n) is 8.49. The summed E-state index contributed by atoms with van der Waals surface area (Å²) in [6.07, 6.45) is 1.53. The van der Waals surface area contributed by atoms with Gasteiger partial charge in [0.1, 0.15) is 10.8 Å². The van der Waals surface area contributed by atoms with E-state index in [-0.39, 0.29) is 5.03 Å². The van der Waals surface area contributed by atoms with Crippen LogP contribution in [0.4, 0.5) is 0 Å². The Morgan fingerprint density at radius 3 is 2.33 bits per heavy atom. The molecule has 1 aromatic carbocycles. The zero-order chi connectivity index (χ0) is 11.3. The van der Waals surface area contributed by atoms with Crippen molar-refractivity contribution in [3.05, 3.63) is 34.9 Å². The van der Waals surface area contributed by atoms with Crippen LogP contribution in [0.2, 0.25) is 0 Å². The molecule has 0 saturated carbocycles. The number of benzene rings is 1. The molecule has 0 aliphatic carbocycles. The number of ether oxygens (including phenoxy) is 2. The fraction of sp³-hybridized carbons (Fsp3) is 0.182. The van der Waals surface area contributed by atoms with Crippen LogP contribution in [-0.4, -0.2) is 20.2 Å². The van der Waals surface area contributed by atoms with Gasteiger partial charge in [0.2, 0.25) is 0 Å². The highest BCUT2D eigenvalue weighted by molar-refractivity contribution is 6.43. The first-order chi connectivity index (χ1) is 7.17. The molecule has 1 aromatic rings. The van der Waals surface area contributed by atoms with E-state index in [0.717, 1.165) is 11.3 Å². The second-order valence-electron chi connectivity index (χ2n) is 2.76. The molecule has 0 aliphatic rings. The van der Waals surface area contributed by atoms with Crippen molar-refractivity contribution >= 4 is 23.6 Å². The van der Waals surface area contributed by atoms with E-state index in [9.17, 15) is 4.79 Å². The van der Waals surface area contributed by atoms with Gasteiger partial charge in [0.25, 0.3) is 0 Å². The molecule has 0 fully saturated rings. The summed E-state index contributed by atoms with van der Waals surface area (Å²) in [6.45, 7) is 0. The molecule has 0 aromatic heterocycles. The summed E-state index contributed by atoms with van der Waals surface area (Å²) in [5.41, 5.74) is 0.811.